The predicted octanol–water partition coefficient (Wildman–Crippen LogP) is 6.30. The molecule has 4 saturated carbocycles. The van der Waals surface area contributed by atoms with Crippen LogP contribution in [0.15, 0.2) is 11.6 Å². The second-order valence-corrected chi connectivity index (χ2v) is 16.0. The molecule has 5 aliphatic rings. The van der Waals surface area contributed by atoms with Crippen molar-refractivity contribution >= 4 is 23.7 Å². The van der Waals surface area contributed by atoms with E-state index in [1.54, 1.807) is 0 Å². The van der Waals surface area contributed by atoms with E-state index in [9.17, 15) is 24.3 Å². The Kier molecular flexibility index (Phi) is 6.53. The smallest absolute Gasteiger partial charge is 0.341 e. The Bertz CT molecular complexity index is 1190. The number of carboxylic acid groups (broad SMARTS) is 2. The van der Waals surface area contributed by atoms with Crippen LogP contribution in [0.5, 0.6) is 0 Å². The molecule has 0 amide bonds. The fourth-order valence-corrected chi connectivity index (χ4v) is 11.0. The molecule has 222 valence electrons. The molecule has 40 heavy (non-hydrogen) atoms. The number of hydrogen-bond acceptors (Lipinski definition) is 5. The van der Waals surface area contributed by atoms with E-state index in [-0.39, 0.29) is 45.2 Å². The maximum Gasteiger partial charge on any atom is 0.341 e. The van der Waals surface area contributed by atoms with E-state index in [1.807, 2.05) is 13.0 Å². The van der Waals surface area contributed by atoms with Crippen LogP contribution in [0.25, 0.3) is 0 Å². The second-order valence-electron chi connectivity index (χ2n) is 16.0. The van der Waals surface area contributed by atoms with Crippen LogP contribution in [0.4, 0.5) is 0 Å². The van der Waals surface area contributed by atoms with Crippen molar-refractivity contribution in [3.63, 3.8) is 0 Å². The van der Waals surface area contributed by atoms with E-state index < -0.39 is 41.3 Å². The minimum atomic E-state index is -1.16. The molecule has 0 heterocycles. The van der Waals surface area contributed by atoms with Gasteiger partial charge in [-0.2, -0.15) is 0 Å². The molecule has 0 radical (unpaired) electrons. The van der Waals surface area contributed by atoms with Crippen molar-refractivity contribution < 1.29 is 34.1 Å². The molecule has 7 nitrogen and oxygen atoms in total. The van der Waals surface area contributed by atoms with E-state index in [0.717, 1.165) is 38.5 Å². The van der Waals surface area contributed by atoms with Crippen LogP contribution in [0.2, 0.25) is 0 Å². The molecule has 4 fully saturated rings. The fraction of sp³-hybridized carbons (Fsp3) is 0.818. The van der Waals surface area contributed by atoms with Crippen molar-refractivity contribution in [1.82, 2.24) is 0 Å². The Morgan fingerprint density at radius 1 is 0.900 bits per heavy atom. The zero-order valence-corrected chi connectivity index (χ0v) is 25.4. The topological polar surface area (TPSA) is 118 Å². The monoisotopic (exact) mass is 556 g/mol. The summed E-state index contributed by atoms with van der Waals surface area (Å²) in [4.78, 5) is 50.8. The highest BCUT2D eigenvalue weighted by Crippen LogP contribution is 2.75. The number of aliphatic carboxylic acids is 2. The molecule has 0 spiro atoms. The SMILES string of the molecule is CC1(C)[C@@H](C(=O)OCC(=O)O)CC[C@]2(C)[C@H]3C(=O)C=C4[C@@H]5C[C@@](C)(C(=O)O)CC[C@]5(C)CC[C@@]4(C)[C@]3(C)CC[C@@H]12. The number of hydrogen-bond donors (Lipinski definition) is 2. The zero-order chi connectivity index (χ0) is 29.7. The van der Waals surface area contributed by atoms with Gasteiger partial charge in [0.25, 0.3) is 0 Å². The van der Waals surface area contributed by atoms with Crippen LogP contribution in [0.3, 0.4) is 0 Å². The summed E-state index contributed by atoms with van der Waals surface area (Å²) in [6, 6.07) is 0. The van der Waals surface area contributed by atoms with Crippen LogP contribution < -0.4 is 0 Å². The zero-order valence-electron chi connectivity index (χ0n) is 25.4. The van der Waals surface area contributed by atoms with Gasteiger partial charge in [0, 0.05) is 5.92 Å². The first-order valence-electron chi connectivity index (χ1n) is 15.2. The van der Waals surface area contributed by atoms with Gasteiger partial charge in [0.2, 0.25) is 0 Å². The Morgan fingerprint density at radius 2 is 1.55 bits per heavy atom. The molecule has 0 unspecified atom stereocenters. The van der Waals surface area contributed by atoms with Crippen LogP contribution in [0.1, 0.15) is 106 Å². The van der Waals surface area contributed by atoms with Crippen molar-refractivity contribution in [2.45, 2.75) is 106 Å². The summed E-state index contributed by atoms with van der Waals surface area (Å²) < 4.78 is 5.16. The summed E-state index contributed by atoms with van der Waals surface area (Å²) in [7, 11) is 0. The van der Waals surface area contributed by atoms with Crippen molar-refractivity contribution in [3.8, 4) is 0 Å². The number of ether oxygens (including phenoxy) is 1. The van der Waals surface area contributed by atoms with Crippen molar-refractivity contribution in [2.75, 3.05) is 6.61 Å². The summed E-state index contributed by atoms with van der Waals surface area (Å²) in [6.07, 6.45) is 9.19. The maximum absolute atomic E-state index is 14.4. The highest BCUT2D eigenvalue weighted by atomic mass is 16.5. The van der Waals surface area contributed by atoms with Gasteiger partial charge in [-0.1, -0.05) is 47.1 Å². The van der Waals surface area contributed by atoms with Crippen LogP contribution in [0, 0.1) is 56.2 Å². The van der Waals surface area contributed by atoms with Gasteiger partial charge in [-0.05, 0) is 110 Å². The minimum absolute atomic E-state index is 0.0151. The van der Waals surface area contributed by atoms with Gasteiger partial charge < -0.3 is 14.9 Å². The molecular weight excluding hydrogens is 508 g/mol. The van der Waals surface area contributed by atoms with Crippen molar-refractivity contribution in [1.29, 1.82) is 0 Å². The second kappa shape index (κ2) is 8.91. The third-order valence-corrected chi connectivity index (χ3v) is 13.7. The third-order valence-electron chi connectivity index (χ3n) is 13.7. The van der Waals surface area contributed by atoms with E-state index in [4.69, 9.17) is 9.84 Å². The van der Waals surface area contributed by atoms with E-state index in [2.05, 4.69) is 41.5 Å². The fourth-order valence-electron chi connectivity index (χ4n) is 11.0. The average molecular weight is 557 g/mol. The Balaban J connectivity index is 1.53. The Hall–Kier alpha value is -2.18. The van der Waals surface area contributed by atoms with Gasteiger partial charge in [0.05, 0.1) is 11.3 Å². The first-order chi connectivity index (χ1) is 18.4. The molecule has 0 aromatic rings. The molecule has 0 bridgehead atoms. The molecule has 0 aromatic carbocycles. The van der Waals surface area contributed by atoms with Gasteiger partial charge in [0.1, 0.15) is 0 Å². The highest BCUT2D eigenvalue weighted by molar-refractivity contribution is 5.96. The lowest BCUT2D eigenvalue weighted by atomic mass is 9.33. The van der Waals surface area contributed by atoms with Crippen LogP contribution >= 0.6 is 0 Å². The number of carbonyl (C=O) groups is 4. The van der Waals surface area contributed by atoms with Crippen molar-refractivity contribution in [3.05, 3.63) is 11.6 Å². The number of esters is 1. The third kappa shape index (κ3) is 3.81. The summed E-state index contributed by atoms with van der Waals surface area (Å²) >= 11 is 0. The summed E-state index contributed by atoms with van der Waals surface area (Å²) in [5, 5.41) is 19.1. The lowest BCUT2D eigenvalue weighted by Gasteiger charge is -2.70. The lowest BCUT2D eigenvalue weighted by molar-refractivity contribution is -0.200. The summed E-state index contributed by atoms with van der Waals surface area (Å²) in [5.74, 6) is -2.53. The van der Waals surface area contributed by atoms with Gasteiger partial charge in [0.15, 0.2) is 12.4 Å². The molecule has 7 heteroatoms. The normalized spacial score (nSPS) is 47.5. The lowest BCUT2D eigenvalue weighted by Crippen LogP contribution is -2.66. The molecule has 5 rings (SSSR count). The van der Waals surface area contributed by atoms with Crippen LogP contribution in [-0.4, -0.2) is 40.5 Å². The molecule has 9 atom stereocenters. The van der Waals surface area contributed by atoms with Gasteiger partial charge >= 0.3 is 17.9 Å². The van der Waals surface area contributed by atoms with Gasteiger partial charge in [-0.15, -0.1) is 0 Å². The maximum atomic E-state index is 14.4. The number of allylic oxidation sites excluding steroid dienone is 2. The number of carbonyl (C=O) groups excluding carboxylic acids is 2. The molecule has 2 N–H and O–H groups in total. The quantitative estimate of drug-likeness (QED) is 0.390. The van der Waals surface area contributed by atoms with E-state index in [1.165, 1.54) is 5.57 Å². The van der Waals surface area contributed by atoms with E-state index >= 15 is 0 Å². The Labute approximate surface area is 238 Å². The molecule has 0 aromatic heterocycles. The van der Waals surface area contributed by atoms with Crippen molar-refractivity contribution in [2.24, 2.45) is 56.2 Å². The standard InChI is InChI=1S/C33H48O7/c1-28(2)19(26(37)40-18-24(35)36)8-10-31(5)23(28)9-11-33(7)25(31)22(34)16-20-21-17-30(4,27(38)39)13-12-29(21,3)14-15-32(20,33)6/h16,19,21,23,25H,8-15,17-18H2,1-7H3,(H,35,36)(H,38,39)/t19-,21+,23+,25-,29-,30+,31+,32-,33-/m1/s1. The van der Waals surface area contributed by atoms with Gasteiger partial charge in [-0.3, -0.25) is 14.4 Å². The van der Waals surface area contributed by atoms with E-state index in [0.29, 0.717) is 19.3 Å². The Morgan fingerprint density at radius 3 is 2.17 bits per heavy atom. The summed E-state index contributed by atoms with van der Waals surface area (Å²) in [6.45, 7) is 14.7. The largest absolute Gasteiger partial charge is 0.481 e. The number of rotatable bonds is 4. The predicted molar refractivity (Wildman–Crippen MR) is 149 cm³/mol. The first kappa shape index (κ1) is 29.3. The minimum Gasteiger partial charge on any atom is -0.481 e. The van der Waals surface area contributed by atoms with Gasteiger partial charge in [-0.25, -0.2) is 4.79 Å². The molecular formula is C33H48O7. The first-order valence-corrected chi connectivity index (χ1v) is 15.2. The highest BCUT2D eigenvalue weighted by Gasteiger charge is 2.70. The molecule has 0 aliphatic heterocycles. The van der Waals surface area contributed by atoms with Crippen LogP contribution in [-0.2, 0) is 23.9 Å². The average Bonchev–Trinajstić information content (AvgIpc) is 2.84. The molecule has 0 saturated heterocycles. The number of ketones is 1. The summed E-state index contributed by atoms with van der Waals surface area (Å²) in [5.41, 5.74) is -0.749. The number of carboxylic acids is 2. The number of fused-ring (bicyclic) bond motifs is 7. The molecule has 5 aliphatic carbocycles.